The lowest BCUT2D eigenvalue weighted by Crippen LogP contribution is -2.58. The van der Waals surface area contributed by atoms with Gasteiger partial charge in [-0.3, -0.25) is 4.90 Å². The summed E-state index contributed by atoms with van der Waals surface area (Å²) in [6, 6.07) is 7.33. The number of unbranched alkanes of at least 4 members (excludes halogenated alkanes) is 1. The molecule has 3 atom stereocenters. The van der Waals surface area contributed by atoms with Gasteiger partial charge in [0.25, 0.3) is 10.0 Å². The summed E-state index contributed by atoms with van der Waals surface area (Å²) >= 11 is 0. The van der Waals surface area contributed by atoms with E-state index in [-0.39, 0.29) is 18.0 Å². The van der Waals surface area contributed by atoms with Crippen LogP contribution in [0.3, 0.4) is 0 Å². The Labute approximate surface area is 249 Å². The van der Waals surface area contributed by atoms with Gasteiger partial charge in [0.1, 0.15) is 0 Å². The molecule has 236 valence electrons. The second-order valence-corrected chi connectivity index (χ2v) is 13.1. The molecule has 43 heavy (non-hydrogen) atoms. The molecule has 0 aliphatic heterocycles. The molecule has 2 aromatic heterocycles. The van der Waals surface area contributed by atoms with Gasteiger partial charge < -0.3 is 14.8 Å². The minimum Gasteiger partial charge on any atom is -0.465 e. The number of alkyl halides is 3. The van der Waals surface area contributed by atoms with Gasteiger partial charge in [-0.1, -0.05) is 58.7 Å². The number of nitrogens with one attached hydrogen (secondary N) is 1. The molecule has 0 fully saturated rings. The number of nitrogens with zero attached hydrogens (tertiary/aromatic N) is 4. The SMILES string of the molecule is CCCC[C@@H]([C@@H](O)CNS(=O)(=O)c1ccccn1)N(C(=O)O)C(Cn1cnc(-c2ccc(C(F)(F)F)cc2)c1)C(C)(C)C. The number of hydrogen-bond donors (Lipinski definition) is 3. The van der Waals surface area contributed by atoms with Crippen LogP contribution >= 0.6 is 0 Å². The molecule has 3 aromatic rings. The van der Waals surface area contributed by atoms with Gasteiger partial charge in [0.05, 0.1) is 35.8 Å². The highest BCUT2D eigenvalue weighted by atomic mass is 32.2. The Morgan fingerprint density at radius 1 is 1.09 bits per heavy atom. The summed E-state index contributed by atoms with van der Waals surface area (Å²) in [5.74, 6) is 0. The van der Waals surface area contributed by atoms with E-state index in [1.54, 1.807) is 16.8 Å². The van der Waals surface area contributed by atoms with Crippen LogP contribution in [0.5, 0.6) is 0 Å². The molecule has 0 saturated heterocycles. The lowest BCUT2D eigenvalue weighted by molar-refractivity contribution is -0.137. The summed E-state index contributed by atoms with van der Waals surface area (Å²) in [5.41, 5.74) is -0.547. The first-order valence-corrected chi connectivity index (χ1v) is 15.3. The van der Waals surface area contributed by atoms with E-state index in [2.05, 4.69) is 14.7 Å². The van der Waals surface area contributed by atoms with Gasteiger partial charge in [0, 0.05) is 31.0 Å². The van der Waals surface area contributed by atoms with Gasteiger partial charge >= 0.3 is 12.3 Å². The van der Waals surface area contributed by atoms with Gasteiger partial charge in [-0.15, -0.1) is 0 Å². The van der Waals surface area contributed by atoms with Crippen molar-refractivity contribution >= 4 is 16.1 Å². The van der Waals surface area contributed by atoms with Crippen LogP contribution in [0.2, 0.25) is 0 Å². The Morgan fingerprint density at radius 3 is 2.30 bits per heavy atom. The third-order valence-electron chi connectivity index (χ3n) is 7.13. The van der Waals surface area contributed by atoms with Crippen molar-refractivity contribution < 1.29 is 36.6 Å². The van der Waals surface area contributed by atoms with E-state index in [9.17, 15) is 36.6 Å². The number of carboxylic acid groups (broad SMARTS) is 1. The number of carbonyl (C=O) groups is 1. The van der Waals surface area contributed by atoms with Gasteiger partial charge in [0.15, 0.2) is 5.03 Å². The summed E-state index contributed by atoms with van der Waals surface area (Å²) in [6.45, 7) is 7.18. The summed E-state index contributed by atoms with van der Waals surface area (Å²) in [4.78, 5) is 22.1. The number of aromatic nitrogens is 3. The normalized spacial score (nSPS) is 14.7. The predicted octanol–water partition coefficient (Wildman–Crippen LogP) is 5.26. The predicted molar refractivity (Wildman–Crippen MR) is 155 cm³/mol. The van der Waals surface area contributed by atoms with Crippen molar-refractivity contribution in [2.75, 3.05) is 6.54 Å². The Hall–Kier alpha value is -3.49. The molecule has 2 heterocycles. The van der Waals surface area contributed by atoms with Gasteiger partial charge in [-0.25, -0.2) is 27.9 Å². The van der Waals surface area contributed by atoms with Crippen molar-refractivity contribution in [1.29, 1.82) is 0 Å². The first-order chi connectivity index (χ1) is 20.0. The average Bonchev–Trinajstić information content (AvgIpc) is 3.41. The summed E-state index contributed by atoms with van der Waals surface area (Å²) in [7, 11) is -4.05. The number of rotatable bonds is 13. The minimum absolute atomic E-state index is 0.123. The van der Waals surface area contributed by atoms with E-state index in [0.29, 0.717) is 24.1 Å². The molecule has 14 heteroatoms. The Balaban J connectivity index is 1.88. The topological polar surface area (TPSA) is 138 Å². The monoisotopic (exact) mass is 625 g/mol. The number of imidazole rings is 1. The molecule has 0 aliphatic rings. The van der Waals surface area contributed by atoms with Crippen LogP contribution in [0.4, 0.5) is 18.0 Å². The first kappa shape index (κ1) is 34.0. The van der Waals surface area contributed by atoms with E-state index in [4.69, 9.17) is 0 Å². The maximum atomic E-state index is 13.0. The van der Waals surface area contributed by atoms with Crippen LogP contribution in [0, 0.1) is 5.41 Å². The third-order valence-corrected chi connectivity index (χ3v) is 8.47. The molecular weight excluding hydrogens is 587 g/mol. The van der Waals surface area contributed by atoms with Crippen LogP contribution in [0.15, 0.2) is 66.2 Å². The second kappa shape index (κ2) is 13.9. The molecular formula is C29H38F3N5O5S. The van der Waals surface area contributed by atoms with E-state index in [0.717, 1.165) is 12.1 Å². The first-order valence-electron chi connectivity index (χ1n) is 13.8. The molecule has 1 unspecified atom stereocenters. The maximum Gasteiger partial charge on any atom is 0.416 e. The number of amides is 1. The number of halogens is 3. The fraction of sp³-hybridized carbons (Fsp3) is 0.483. The van der Waals surface area contributed by atoms with E-state index in [1.165, 1.54) is 41.7 Å². The summed E-state index contributed by atoms with van der Waals surface area (Å²) < 4.78 is 68.4. The third kappa shape index (κ3) is 9.00. The van der Waals surface area contributed by atoms with Crippen LogP contribution in [0.1, 0.15) is 52.5 Å². The molecule has 0 radical (unpaired) electrons. The highest BCUT2D eigenvalue weighted by Gasteiger charge is 2.41. The smallest absolute Gasteiger partial charge is 0.416 e. The summed E-state index contributed by atoms with van der Waals surface area (Å²) in [6.07, 6.45) is -1.12. The van der Waals surface area contributed by atoms with E-state index < -0.39 is 58.0 Å². The molecule has 0 aliphatic carbocycles. The fourth-order valence-corrected chi connectivity index (χ4v) is 5.76. The van der Waals surface area contributed by atoms with Crippen LogP contribution < -0.4 is 4.72 Å². The molecule has 0 bridgehead atoms. The lowest BCUT2D eigenvalue weighted by Gasteiger charge is -2.44. The fourth-order valence-electron chi connectivity index (χ4n) is 4.77. The molecule has 0 spiro atoms. The minimum atomic E-state index is -4.46. The second-order valence-electron chi connectivity index (χ2n) is 11.4. The zero-order chi connectivity index (χ0) is 32.0. The summed E-state index contributed by atoms with van der Waals surface area (Å²) in [5, 5.41) is 21.4. The molecule has 3 N–H and O–H groups in total. The molecule has 0 saturated carbocycles. The van der Waals surface area contributed by atoms with Gasteiger partial charge in [-0.2, -0.15) is 13.2 Å². The van der Waals surface area contributed by atoms with Crippen molar-refractivity contribution in [3.63, 3.8) is 0 Å². The molecule has 3 rings (SSSR count). The van der Waals surface area contributed by atoms with Gasteiger partial charge in [0.2, 0.25) is 0 Å². The van der Waals surface area contributed by atoms with E-state index >= 15 is 0 Å². The standard InChI is InChI=1S/C29H38F3N5O5S/c1-5-6-9-23(24(38)16-35-43(41,42)26-10-7-8-15-33-26)37(27(39)40)25(28(2,3)4)18-36-17-22(34-19-36)20-11-13-21(14-12-20)29(30,31)32/h7-8,10-15,17,19,23-25,35,38H,5-6,9,16,18H2,1-4H3,(H,39,40)/t23-,24-,25?/m0/s1. The highest BCUT2D eigenvalue weighted by molar-refractivity contribution is 7.89. The maximum absolute atomic E-state index is 13.0. The van der Waals surface area contributed by atoms with Crippen molar-refractivity contribution in [3.8, 4) is 11.3 Å². The Kier molecular flexibility index (Phi) is 11.0. The molecule has 1 aromatic carbocycles. The number of benzene rings is 1. The number of aliphatic hydroxyl groups excluding tert-OH is 1. The Bertz CT molecular complexity index is 1440. The Morgan fingerprint density at radius 2 is 1.77 bits per heavy atom. The van der Waals surface area contributed by atoms with Crippen molar-refractivity contribution in [1.82, 2.24) is 24.2 Å². The van der Waals surface area contributed by atoms with Crippen molar-refractivity contribution in [2.45, 2.75) is 82.9 Å². The number of pyridine rings is 1. The van der Waals surface area contributed by atoms with Crippen LogP contribution in [-0.4, -0.2) is 68.9 Å². The molecule has 1 amide bonds. The van der Waals surface area contributed by atoms with Crippen molar-refractivity contribution in [3.05, 3.63) is 66.7 Å². The number of sulfonamides is 1. The average molecular weight is 626 g/mol. The van der Waals surface area contributed by atoms with Crippen molar-refractivity contribution in [2.24, 2.45) is 5.41 Å². The number of hydrogen-bond acceptors (Lipinski definition) is 6. The lowest BCUT2D eigenvalue weighted by atomic mass is 9.83. The van der Waals surface area contributed by atoms with Gasteiger partial charge in [-0.05, 0) is 36.1 Å². The highest BCUT2D eigenvalue weighted by Crippen LogP contribution is 2.32. The van der Waals surface area contributed by atoms with Crippen LogP contribution in [-0.2, 0) is 22.7 Å². The molecule has 10 nitrogen and oxygen atoms in total. The van der Waals surface area contributed by atoms with Crippen LogP contribution in [0.25, 0.3) is 11.3 Å². The quantitative estimate of drug-likeness (QED) is 0.236. The zero-order valence-corrected chi connectivity index (χ0v) is 25.3. The van der Waals surface area contributed by atoms with E-state index in [1.807, 2.05) is 27.7 Å². The number of aliphatic hydroxyl groups is 1. The largest absolute Gasteiger partial charge is 0.465 e. The zero-order valence-electron chi connectivity index (χ0n) is 24.5.